The van der Waals surface area contributed by atoms with E-state index in [0.717, 1.165) is 9.37 Å². The van der Waals surface area contributed by atoms with Crippen molar-refractivity contribution < 1.29 is 19.2 Å². The summed E-state index contributed by atoms with van der Waals surface area (Å²) in [6.45, 7) is 0. The van der Waals surface area contributed by atoms with E-state index in [0.29, 0.717) is 27.4 Å². The van der Waals surface area contributed by atoms with Gasteiger partial charge in [-0.25, -0.2) is 4.90 Å². The van der Waals surface area contributed by atoms with Crippen LogP contribution >= 0.6 is 27.5 Å². The van der Waals surface area contributed by atoms with Crippen molar-refractivity contribution in [2.45, 2.75) is 12.1 Å². The number of halogens is 2. The number of hydrogen-bond donors (Lipinski definition) is 0. The molecule has 8 heteroatoms. The van der Waals surface area contributed by atoms with Gasteiger partial charge >= 0.3 is 0 Å². The molecule has 2 saturated heterocycles. The monoisotopic (exact) mass is 586 g/mol. The zero-order valence-corrected chi connectivity index (χ0v) is 22.2. The van der Waals surface area contributed by atoms with Gasteiger partial charge in [-0.05, 0) is 36.4 Å². The Morgan fingerprint density at radius 3 is 2.24 bits per heavy atom. The second-order valence-corrected chi connectivity index (χ2v) is 10.8. The van der Waals surface area contributed by atoms with Crippen molar-refractivity contribution in [2.75, 3.05) is 4.90 Å². The van der Waals surface area contributed by atoms with Gasteiger partial charge in [-0.1, -0.05) is 82.1 Å². The van der Waals surface area contributed by atoms with Crippen LogP contribution in [0.15, 0.2) is 107 Å². The maximum absolute atomic E-state index is 13.9. The normalized spacial score (nSPS) is 23.8. The Hall–Kier alpha value is -3.81. The molecule has 3 aliphatic rings. The summed E-state index contributed by atoms with van der Waals surface area (Å²) in [5.74, 6) is -3.08. The van der Waals surface area contributed by atoms with Gasteiger partial charge in [0.25, 0.3) is 0 Å². The molecule has 2 amide bonds. The number of carbonyl (C=O) groups is 4. The maximum Gasteiger partial charge on any atom is 0.240 e. The van der Waals surface area contributed by atoms with Crippen LogP contribution in [0.2, 0.25) is 5.02 Å². The van der Waals surface area contributed by atoms with Crippen LogP contribution in [0.3, 0.4) is 0 Å². The van der Waals surface area contributed by atoms with Crippen LogP contribution in [0.25, 0.3) is 0 Å². The third-order valence-electron chi connectivity index (χ3n) is 7.31. The van der Waals surface area contributed by atoms with Crippen LogP contribution in [-0.2, 0) is 9.59 Å². The summed E-state index contributed by atoms with van der Waals surface area (Å²) < 4.78 is 0.820. The van der Waals surface area contributed by atoms with Gasteiger partial charge in [-0.3, -0.25) is 19.2 Å². The quantitative estimate of drug-likeness (QED) is 0.292. The minimum Gasteiger partial charge on any atom is -0.359 e. The van der Waals surface area contributed by atoms with Crippen molar-refractivity contribution in [3.05, 3.63) is 123 Å². The summed E-state index contributed by atoms with van der Waals surface area (Å²) >= 11 is 9.55. The number of allylic oxidation sites excluding steroid dienone is 2. The highest BCUT2D eigenvalue weighted by Crippen LogP contribution is 2.47. The first kappa shape index (κ1) is 24.5. The van der Waals surface area contributed by atoms with Crippen molar-refractivity contribution in [1.82, 2.24) is 4.90 Å². The van der Waals surface area contributed by atoms with Gasteiger partial charge in [-0.2, -0.15) is 0 Å². The minimum atomic E-state index is -0.922. The van der Waals surface area contributed by atoms with Crippen LogP contribution in [-0.4, -0.2) is 40.4 Å². The van der Waals surface area contributed by atoms with E-state index >= 15 is 0 Å². The Morgan fingerprint density at radius 2 is 1.53 bits per heavy atom. The van der Waals surface area contributed by atoms with Gasteiger partial charge in [0.05, 0.1) is 23.6 Å². The van der Waals surface area contributed by atoms with Crippen LogP contribution in [0.4, 0.5) is 5.69 Å². The van der Waals surface area contributed by atoms with Crippen molar-refractivity contribution >= 4 is 56.6 Å². The first-order valence-electron chi connectivity index (χ1n) is 12.1. The second kappa shape index (κ2) is 9.49. The van der Waals surface area contributed by atoms with E-state index in [4.69, 9.17) is 11.6 Å². The Morgan fingerprint density at radius 1 is 0.816 bits per heavy atom. The lowest BCUT2D eigenvalue weighted by molar-refractivity contribution is -0.123. The summed E-state index contributed by atoms with van der Waals surface area (Å²) in [6, 6.07) is 20.8. The van der Waals surface area contributed by atoms with Crippen molar-refractivity contribution in [3.8, 4) is 0 Å². The second-order valence-electron chi connectivity index (χ2n) is 9.43. The maximum atomic E-state index is 13.9. The fraction of sp³-hybridized carbons (Fsp3) is 0.133. The number of imide groups is 1. The van der Waals surface area contributed by atoms with E-state index in [9.17, 15) is 19.2 Å². The molecule has 0 saturated carbocycles. The van der Waals surface area contributed by atoms with Crippen molar-refractivity contribution in [2.24, 2.45) is 11.8 Å². The van der Waals surface area contributed by atoms with Crippen LogP contribution in [0, 0.1) is 11.8 Å². The van der Waals surface area contributed by atoms with Crippen LogP contribution in [0.5, 0.6) is 0 Å². The van der Waals surface area contributed by atoms with Gasteiger partial charge < -0.3 is 4.90 Å². The smallest absolute Gasteiger partial charge is 0.240 e. The summed E-state index contributed by atoms with van der Waals surface area (Å²) in [5, 5.41) is 0.389. The fourth-order valence-corrected chi connectivity index (χ4v) is 6.06. The summed E-state index contributed by atoms with van der Waals surface area (Å²) in [5.41, 5.74) is 1.72. The molecule has 0 spiro atoms. The predicted molar refractivity (Wildman–Crippen MR) is 147 cm³/mol. The summed E-state index contributed by atoms with van der Waals surface area (Å²) in [7, 11) is 0. The number of rotatable bonds is 5. The van der Waals surface area contributed by atoms with Gasteiger partial charge in [0.1, 0.15) is 6.04 Å². The number of ketones is 2. The molecule has 2 fully saturated rings. The number of amides is 2. The average molecular weight is 588 g/mol. The predicted octanol–water partition coefficient (Wildman–Crippen LogP) is 5.48. The average Bonchev–Trinajstić information content (AvgIpc) is 3.40. The van der Waals surface area contributed by atoms with Crippen LogP contribution < -0.4 is 4.90 Å². The molecule has 6 rings (SSSR count). The van der Waals surface area contributed by atoms with E-state index in [1.165, 1.54) is 0 Å². The number of benzene rings is 3. The SMILES string of the molecule is O=C(C1=C[C@@H]2[C@@H]3C(=O)N(c4cccc(Cl)c4)C(=O)[C@@H]3[C@H](C(=O)c3ccc(Br)cc3)N2C=C1)c1ccccc1. The fourth-order valence-electron chi connectivity index (χ4n) is 5.61. The molecule has 3 aromatic carbocycles. The number of Topliss-reactive ketones (excluding diaryl/α,β-unsaturated/α-hetero) is 2. The Kier molecular flexibility index (Phi) is 6.13. The van der Waals surface area contributed by atoms with E-state index in [1.807, 2.05) is 6.07 Å². The number of nitrogens with zero attached hydrogens (tertiary/aromatic N) is 2. The Balaban J connectivity index is 1.44. The molecular formula is C30H20BrClN2O4. The summed E-state index contributed by atoms with van der Waals surface area (Å²) in [4.78, 5) is 57.7. The third kappa shape index (κ3) is 3.94. The Labute approximate surface area is 232 Å². The van der Waals surface area contributed by atoms with Crippen molar-refractivity contribution in [1.29, 1.82) is 0 Å². The van der Waals surface area contributed by atoms with E-state index in [2.05, 4.69) is 15.9 Å². The first-order chi connectivity index (χ1) is 18.3. The van der Waals surface area contributed by atoms with Crippen molar-refractivity contribution in [3.63, 3.8) is 0 Å². The zero-order valence-electron chi connectivity index (χ0n) is 19.8. The lowest BCUT2D eigenvalue weighted by atomic mass is 9.85. The zero-order chi connectivity index (χ0) is 26.6. The molecule has 3 aliphatic heterocycles. The summed E-state index contributed by atoms with van der Waals surface area (Å²) in [6.07, 6.45) is 5.04. The topological polar surface area (TPSA) is 74.8 Å². The lowest BCUT2D eigenvalue weighted by Crippen LogP contribution is -2.46. The molecule has 0 aliphatic carbocycles. The van der Waals surface area contributed by atoms with Crippen LogP contribution in [0.1, 0.15) is 20.7 Å². The van der Waals surface area contributed by atoms with E-state index in [-0.39, 0.29) is 11.6 Å². The largest absolute Gasteiger partial charge is 0.359 e. The number of hydrogen-bond acceptors (Lipinski definition) is 5. The third-order valence-corrected chi connectivity index (χ3v) is 8.07. The Bertz CT molecular complexity index is 1550. The van der Waals surface area contributed by atoms with Gasteiger partial charge in [0.2, 0.25) is 11.8 Å². The molecule has 0 bridgehead atoms. The minimum absolute atomic E-state index is 0.191. The van der Waals surface area contributed by atoms with Gasteiger partial charge in [-0.15, -0.1) is 0 Å². The molecular weight excluding hydrogens is 568 g/mol. The molecule has 188 valence electrons. The van der Waals surface area contributed by atoms with E-state index < -0.39 is 35.7 Å². The number of carbonyl (C=O) groups excluding carboxylic acids is 4. The molecule has 6 nitrogen and oxygen atoms in total. The lowest BCUT2D eigenvalue weighted by Gasteiger charge is -2.32. The molecule has 3 aromatic rings. The first-order valence-corrected chi connectivity index (χ1v) is 13.2. The molecule has 38 heavy (non-hydrogen) atoms. The highest BCUT2D eigenvalue weighted by molar-refractivity contribution is 9.10. The number of anilines is 1. The highest BCUT2D eigenvalue weighted by atomic mass is 79.9. The molecule has 0 N–H and O–H groups in total. The highest BCUT2D eigenvalue weighted by Gasteiger charge is 2.63. The molecule has 0 radical (unpaired) electrons. The molecule has 4 atom stereocenters. The van der Waals surface area contributed by atoms with Gasteiger partial charge in [0.15, 0.2) is 11.6 Å². The molecule has 0 aromatic heterocycles. The molecule has 3 heterocycles. The number of fused-ring (bicyclic) bond motifs is 3. The standard InChI is InChI=1S/C30H20BrClN2O4/c31-20-11-9-18(10-12-20)28(36)26-25-24(29(37)34(30(25)38)22-8-4-7-21(32)16-22)23-15-19(13-14-33(23)26)27(35)17-5-2-1-3-6-17/h1-16,23-26H/t23-,24+,25+,26-/m1/s1. The van der Waals surface area contributed by atoms with Gasteiger partial charge in [0, 0.05) is 32.4 Å². The van der Waals surface area contributed by atoms with E-state index in [1.54, 1.807) is 96.0 Å². The molecule has 0 unspecified atom stereocenters.